The van der Waals surface area contributed by atoms with E-state index in [-0.39, 0.29) is 11.5 Å². The monoisotopic (exact) mass is 296 g/mol. The lowest BCUT2D eigenvalue weighted by molar-refractivity contribution is 0.593. The van der Waals surface area contributed by atoms with Gasteiger partial charge < -0.3 is 0 Å². The second kappa shape index (κ2) is 5.67. The smallest absolute Gasteiger partial charge is 0.160 e. The van der Waals surface area contributed by atoms with Gasteiger partial charge in [-0.2, -0.15) is 0 Å². The number of hydrogen-bond donors (Lipinski definition) is 0. The molecule has 0 N–H and O–H groups in total. The molecule has 1 aromatic carbocycles. The average Bonchev–Trinajstić information content (AvgIpc) is 2.31. The number of sulfone groups is 1. The number of hydrogen-bond acceptors (Lipinski definition) is 4. The molecule has 0 fully saturated rings. The first kappa shape index (κ1) is 14.0. The van der Waals surface area contributed by atoms with Crippen LogP contribution in [-0.4, -0.2) is 18.4 Å². The van der Waals surface area contributed by atoms with Gasteiger partial charge in [-0.1, -0.05) is 23.7 Å². The molecule has 19 heavy (non-hydrogen) atoms. The lowest BCUT2D eigenvalue weighted by Crippen LogP contribution is -2.09. The van der Waals surface area contributed by atoms with Crippen molar-refractivity contribution in [3.8, 4) is 0 Å². The molecule has 100 valence electrons. The van der Waals surface area contributed by atoms with Crippen molar-refractivity contribution in [2.75, 3.05) is 0 Å². The van der Waals surface area contributed by atoms with Gasteiger partial charge in [0.1, 0.15) is 0 Å². The van der Waals surface area contributed by atoms with E-state index < -0.39 is 9.84 Å². The van der Waals surface area contributed by atoms with E-state index in [0.717, 1.165) is 5.69 Å². The van der Waals surface area contributed by atoms with Gasteiger partial charge in [0.2, 0.25) is 0 Å². The predicted molar refractivity (Wildman–Crippen MR) is 74.5 cm³/mol. The van der Waals surface area contributed by atoms with Crippen molar-refractivity contribution in [1.82, 2.24) is 9.97 Å². The third-order valence-electron chi connectivity index (χ3n) is 2.48. The lowest BCUT2D eigenvalue weighted by atomic mass is 10.2. The summed E-state index contributed by atoms with van der Waals surface area (Å²) in [5.41, 5.74) is 1.89. The maximum absolute atomic E-state index is 12.1. The molecule has 0 unspecified atom stereocenters. The Bertz CT molecular complexity index is 669. The van der Waals surface area contributed by atoms with Crippen LogP contribution in [0.2, 0.25) is 5.02 Å². The zero-order valence-corrected chi connectivity index (χ0v) is 11.9. The third-order valence-corrected chi connectivity index (χ3v) is 4.22. The summed E-state index contributed by atoms with van der Waals surface area (Å²) in [6.45, 7) is 1.80. The van der Waals surface area contributed by atoms with Crippen LogP contribution in [0.15, 0.2) is 36.7 Å². The van der Waals surface area contributed by atoms with Crippen molar-refractivity contribution in [3.05, 3.63) is 58.6 Å². The zero-order valence-electron chi connectivity index (χ0n) is 10.4. The summed E-state index contributed by atoms with van der Waals surface area (Å²) in [6, 6.07) is 6.84. The Labute approximate surface area is 117 Å². The van der Waals surface area contributed by atoms with Crippen molar-refractivity contribution in [1.29, 1.82) is 0 Å². The molecular weight excluding hydrogens is 284 g/mol. The summed E-state index contributed by atoms with van der Waals surface area (Å²) < 4.78 is 24.1. The van der Waals surface area contributed by atoms with E-state index in [9.17, 15) is 8.42 Å². The van der Waals surface area contributed by atoms with E-state index in [0.29, 0.717) is 16.3 Å². The highest BCUT2D eigenvalue weighted by atomic mass is 35.5. The second-order valence-corrected chi connectivity index (χ2v) is 6.81. The number of aryl methyl sites for hydroxylation is 1. The van der Waals surface area contributed by atoms with E-state index in [1.165, 1.54) is 6.20 Å². The van der Waals surface area contributed by atoms with Crippen LogP contribution in [0.3, 0.4) is 0 Å². The van der Waals surface area contributed by atoms with Crippen LogP contribution in [0.1, 0.15) is 17.0 Å². The normalized spacial score (nSPS) is 11.5. The molecule has 0 saturated carbocycles. The molecule has 2 rings (SSSR count). The van der Waals surface area contributed by atoms with Crippen molar-refractivity contribution < 1.29 is 8.42 Å². The van der Waals surface area contributed by atoms with Gasteiger partial charge in [-0.05, 0) is 24.6 Å². The van der Waals surface area contributed by atoms with Gasteiger partial charge in [0.05, 0.1) is 22.9 Å². The van der Waals surface area contributed by atoms with E-state index in [4.69, 9.17) is 11.6 Å². The van der Waals surface area contributed by atoms with Crippen molar-refractivity contribution in [3.63, 3.8) is 0 Å². The highest BCUT2D eigenvalue weighted by Crippen LogP contribution is 2.15. The van der Waals surface area contributed by atoms with Crippen LogP contribution in [0, 0.1) is 6.92 Å². The Morgan fingerprint density at radius 1 is 1.16 bits per heavy atom. The van der Waals surface area contributed by atoms with Crippen LogP contribution < -0.4 is 0 Å². The molecule has 0 atom stereocenters. The van der Waals surface area contributed by atoms with Gasteiger partial charge >= 0.3 is 0 Å². The molecule has 0 saturated heterocycles. The standard InChI is InChI=1S/C13H13ClN2O2S/c1-10-6-16-13(7-15-10)9-19(17,18)8-11-3-2-4-12(14)5-11/h2-7H,8-9H2,1H3. The summed E-state index contributed by atoms with van der Waals surface area (Å²) in [7, 11) is -3.28. The summed E-state index contributed by atoms with van der Waals surface area (Å²) in [4.78, 5) is 8.09. The van der Waals surface area contributed by atoms with Crippen molar-refractivity contribution in [2.24, 2.45) is 0 Å². The fourth-order valence-corrected chi connectivity index (χ4v) is 3.25. The molecule has 0 amide bonds. The zero-order chi connectivity index (χ0) is 13.9. The van der Waals surface area contributed by atoms with Gasteiger partial charge in [-0.3, -0.25) is 9.97 Å². The highest BCUT2D eigenvalue weighted by Gasteiger charge is 2.14. The van der Waals surface area contributed by atoms with E-state index in [1.54, 1.807) is 37.4 Å². The quantitative estimate of drug-likeness (QED) is 0.870. The van der Waals surface area contributed by atoms with E-state index >= 15 is 0 Å². The first-order valence-electron chi connectivity index (χ1n) is 5.67. The topological polar surface area (TPSA) is 59.9 Å². The number of nitrogens with zero attached hydrogens (tertiary/aromatic N) is 2. The first-order chi connectivity index (χ1) is 8.94. The summed E-state index contributed by atoms with van der Waals surface area (Å²) in [5, 5.41) is 0.530. The number of aromatic nitrogens is 2. The van der Waals surface area contributed by atoms with Crippen LogP contribution in [0.5, 0.6) is 0 Å². The highest BCUT2D eigenvalue weighted by molar-refractivity contribution is 7.89. The number of benzene rings is 1. The molecule has 0 aliphatic carbocycles. The van der Waals surface area contributed by atoms with Crippen LogP contribution in [0.25, 0.3) is 0 Å². The third kappa shape index (κ3) is 4.29. The fourth-order valence-electron chi connectivity index (χ4n) is 1.65. The summed E-state index contributed by atoms with van der Waals surface area (Å²) >= 11 is 5.83. The molecule has 1 heterocycles. The SMILES string of the molecule is Cc1cnc(CS(=O)(=O)Cc2cccc(Cl)c2)cn1. The first-order valence-corrected chi connectivity index (χ1v) is 7.87. The van der Waals surface area contributed by atoms with Crippen LogP contribution >= 0.6 is 11.6 Å². The van der Waals surface area contributed by atoms with Gasteiger partial charge in [0, 0.05) is 17.4 Å². The largest absolute Gasteiger partial charge is 0.258 e. The predicted octanol–water partition coefficient (Wildman–Crippen LogP) is 2.55. The molecule has 0 aliphatic rings. The molecule has 0 bridgehead atoms. The number of rotatable bonds is 4. The Morgan fingerprint density at radius 3 is 2.58 bits per heavy atom. The fraction of sp³-hybridized carbons (Fsp3) is 0.231. The Kier molecular flexibility index (Phi) is 4.17. The minimum absolute atomic E-state index is 0.0525. The average molecular weight is 297 g/mol. The molecule has 1 aromatic heterocycles. The molecule has 0 radical (unpaired) electrons. The molecule has 6 heteroatoms. The Morgan fingerprint density at radius 2 is 1.95 bits per heavy atom. The maximum atomic E-state index is 12.1. The Hall–Kier alpha value is -1.46. The van der Waals surface area contributed by atoms with Crippen LogP contribution in [0.4, 0.5) is 0 Å². The van der Waals surface area contributed by atoms with Gasteiger partial charge in [0.25, 0.3) is 0 Å². The Balaban J connectivity index is 2.13. The minimum atomic E-state index is -3.28. The molecule has 0 spiro atoms. The van der Waals surface area contributed by atoms with E-state index in [2.05, 4.69) is 9.97 Å². The molecule has 2 aromatic rings. The maximum Gasteiger partial charge on any atom is 0.160 e. The van der Waals surface area contributed by atoms with Gasteiger partial charge in [-0.15, -0.1) is 0 Å². The van der Waals surface area contributed by atoms with E-state index in [1.807, 2.05) is 0 Å². The summed E-state index contributed by atoms with van der Waals surface area (Å²) in [6.07, 6.45) is 3.05. The van der Waals surface area contributed by atoms with Crippen molar-refractivity contribution in [2.45, 2.75) is 18.4 Å². The van der Waals surface area contributed by atoms with Gasteiger partial charge in [-0.25, -0.2) is 8.42 Å². The molecule has 4 nitrogen and oxygen atoms in total. The lowest BCUT2D eigenvalue weighted by Gasteiger charge is -2.04. The molecular formula is C13H13ClN2O2S. The van der Waals surface area contributed by atoms with Crippen molar-refractivity contribution >= 4 is 21.4 Å². The summed E-state index contributed by atoms with van der Waals surface area (Å²) in [5.74, 6) is -0.171. The molecule has 0 aliphatic heterocycles. The minimum Gasteiger partial charge on any atom is -0.258 e. The van der Waals surface area contributed by atoms with Gasteiger partial charge in [0.15, 0.2) is 9.84 Å². The second-order valence-electron chi connectivity index (χ2n) is 4.31. The van der Waals surface area contributed by atoms with Crippen LogP contribution in [-0.2, 0) is 21.3 Å². The number of halogens is 1.